The van der Waals surface area contributed by atoms with E-state index in [-0.39, 0.29) is 12.8 Å². The summed E-state index contributed by atoms with van der Waals surface area (Å²) in [6.45, 7) is 3.12. The normalized spacial score (nSPS) is 13.9. The van der Waals surface area contributed by atoms with Gasteiger partial charge >= 0.3 is 0 Å². The molecule has 37 heavy (non-hydrogen) atoms. The summed E-state index contributed by atoms with van der Waals surface area (Å²) < 4.78 is 29.0. The predicted octanol–water partition coefficient (Wildman–Crippen LogP) is 3.11. The molecule has 0 aliphatic heterocycles. The Labute approximate surface area is 224 Å². The molecular formula is C26H30N4O4S3. The molecule has 0 spiro atoms. The first-order chi connectivity index (χ1) is 17.4. The number of nitrogens with one attached hydrogen (secondary N) is 3. The van der Waals surface area contributed by atoms with Crippen molar-refractivity contribution in [2.24, 2.45) is 5.73 Å². The number of amides is 2. The van der Waals surface area contributed by atoms with Crippen LogP contribution in [-0.2, 0) is 32.5 Å². The van der Waals surface area contributed by atoms with Gasteiger partial charge in [0.15, 0.2) is 0 Å². The molecule has 2 aromatic carbocycles. The monoisotopic (exact) mass is 558 g/mol. The summed E-state index contributed by atoms with van der Waals surface area (Å²) in [5.41, 5.74) is 6.61. The Bertz CT molecular complexity index is 1540. The van der Waals surface area contributed by atoms with E-state index in [0.717, 1.165) is 37.6 Å². The lowest BCUT2D eigenvalue weighted by molar-refractivity contribution is -0.131. The average Bonchev–Trinajstić information content (AvgIpc) is 3.41. The van der Waals surface area contributed by atoms with Crippen LogP contribution in [0.1, 0.15) is 25.0 Å². The molecule has 0 saturated carbocycles. The van der Waals surface area contributed by atoms with Crippen LogP contribution in [0.4, 0.5) is 0 Å². The number of carbonyl (C=O) groups excluding carboxylic acids is 2. The van der Waals surface area contributed by atoms with Gasteiger partial charge < -0.3 is 16.4 Å². The third-order valence-electron chi connectivity index (χ3n) is 5.85. The van der Waals surface area contributed by atoms with Gasteiger partial charge in [-0.2, -0.15) is 4.72 Å². The maximum atomic E-state index is 13.6. The van der Waals surface area contributed by atoms with E-state index in [0.29, 0.717) is 0 Å². The van der Waals surface area contributed by atoms with E-state index in [2.05, 4.69) is 15.4 Å². The Morgan fingerprint density at radius 1 is 0.892 bits per heavy atom. The van der Waals surface area contributed by atoms with Crippen LogP contribution in [0.3, 0.4) is 0 Å². The molecule has 0 bridgehead atoms. The average molecular weight is 559 g/mol. The Balaban J connectivity index is 1.61. The zero-order valence-corrected chi connectivity index (χ0v) is 23.2. The molecule has 2 aromatic heterocycles. The van der Waals surface area contributed by atoms with Crippen LogP contribution in [0.15, 0.2) is 59.3 Å². The molecule has 0 aliphatic rings. The minimum atomic E-state index is -3.64. The Morgan fingerprint density at radius 2 is 1.41 bits per heavy atom. The van der Waals surface area contributed by atoms with Crippen LogP contribution >= 0.6 is 22.7 Å². The van der Waals surface area contributed by atoms with E-state index in [1.54, 1.807) is 36.5 Å². The third kappa shape index (κ3) is 6.93. The molecule has 11 heteroatoms. The van der Waals surface area contributed by atoms with Gasteiger partial charge in [-0.15, -0.1) is 22.7 Å². The summed E-state index contributed by atoms with van der Waals surface area (Å²) in [5, 5.41) is 11.5. The largest absolute Gasteiger partial charge is 0.342 e. The number of hydrogen-bond acceptors (Lipinski definition) is 7. The molecule has 8 nitrogen and oxygen atoms in total. The van der Waals surface area contributed by atoms with Crippen molar-refractivity contribution in [3.63, 3.8) is 0 Å². The summed E-state index contributed by atoms with van der Waals surface area (Å²) in [6.07, 6.45) is 0.605. The number of rotatable bonds is 10. The Morgan fingerprint density at radius 3 is 1.92 bits per heavy atom. The molecule has 2 heterocycles. The van der Waals surface area contributed by atoms with Crippen LogP contribution in [0, 0.1) is 0 Å². The highest BCUT2D eigenvalue weighted by Crippen LogP contribution is 2.28. The second-order valence-electron chi connectivity index (χ2n) is 9.62. The predicted molar refractivity (Wildman–Crippen MR) is 151 cm³/mol. The Hall–Kier alpha value is -2.83. The van der Waals surface area contributed by atoms with Crippen molar-refractivity contribution in [3.05, 3.63) is 70.4 Å². The van der Waals surface area contributed by atoms with Gasteiger partial charge in [0, 0.05) is 22.2 Å². The number of carbonyl (C=O) groups is 2. The van der Waals surface area contributed by atoms with Crippen LogP contribution in [0.5, 0.6) is 0 Å². The molecule has 0 aliphatic carbocycles. The summed E-state index contributed by atoms with van der Waals surface area (Å²) >= 11 is 3.11. The fourth-order valence-corrected chi connectivity index (χ4v) is 6.64. The fraction of sp³-hybridized carbons (Fsp3) is 0.308. The summed E-state index contributed by atoms with van der Waals surface area (Å²) in [6, 6.07) is 14.7. The molecule has 0 radical (unpaired) electrons. The summed E-state index contributed by atoms with van der Waals surface area (Å²) in [5.74, 6) is -0.989. The topological polar surface area (TPSA) is 130 Å². The van der Waals surface area contributed by atoms with E-state index in [1.807, 2.05) is 59.3 Å². The maximum Gasteiger partial charge on any atom is 0.244 e. The van der Waals surface area contributed by atoms with Crippen LogP contribution in [0.25, 0.3) is 20.2 Å². The van der Waals surface area contributed by atoms with E-state index < -0.39 is 39.6 Å². The van der Waals surface area contributed by atoms with Gasteiger partial charge in [0.2, 0.25) is 21.8 Å². The molecule has 5 N–H and O–H groups in total. The number of sulfonamides is 1. The minimum absolute atomic E-state index is 0.227. The van der Waals surface area contributed by atoms with Crippen molar-refractivity contribution in [1.82, 2.24) is 15.4 Å². The van der Waals surface area contributed by atoms with Crippen molar-refractivity contribution < 1.29 is 18.0 Å². The van der Waals surface area contributed by atoms with Crippen molar-refractivity contribution >= 4 is 64.7 Å². The van der Waals surface area contributed by atoms with E-state index >= 15 is 0 Å². The van der Waals surface area contributed by atoms with Crippen LogP contribution in [-0.4, -0.2) is 44.2 Å². The molecule has 0 unspecified atom stereocenters. The second-order valence-corrected chi connectivity index (χ2v) is 13.2. The standard InChI is InChI=1S/C26H30N4O4S3/c1-26(2,27)25(32)28-20(12-16-14-35-21-10-6-4-8-18(16)21)24(31)29-23(30-37(3,33)34)13-17-15-36-22-11-7-5-9-19(17)22/h4-11,14-15,20,23,30H,12-13,27H2,1-3H3,(H,28,32)(H,29,31)/t20-,23+/m1/s1. The summed E-state index contributed by atoms with van der Waals surface area (Å²) in [4.78, 5) is 26.3. The lowest BCUT2D eigenvalue weighted by Crippen LogP contribution is -2.59. The summed E-state index contributed by atoms with van der Waals surface area (Å²) in [7, 11) is -3.64. The highest BCUT2D eigenvalue weighted by atomic mass is 32.2. The molecule has 4 aromatic rings. The van der Waals surface area contributed by atoms with Gasteiger partial charge in [0.1, 0.15) is 6.04 Å². The smallest absolute Gasteiger partial charge is 0.244 e. The van der Waals surface area contributed by atoms with E-state index in [1.165, 1.54) is 0 Å². The molecule has 0 fully saturated rings. The molecular weight excluding hydrogens is 529 g/mol. The number of thiophene rings is 2. The first-order valence-corrected chi connectivity index (χ1v) is 15.3. The van der Waals surface area contributed by atoms with Gasteiger partial charge in [-0.3, -0.25) is 9.59 Å². The highest BCUT2D eigenvalue weighted by molar-refractivity contribution is 7.88. The maximum absolute atomic E-state index is 13.6. The fourth-order valence-electron chi connectivity index (χ4n) is 4.03. The SMILES string of the molecule is CC(C)(N)C(=O)N[C@H](Cc1csc2ccccc12)C(=O)N[C@H](Cc1csc2ccccc12)NS(C)(=O)=O. The highest BCUT2D eigenvalue weighted by Gasteiger charge is 2.30. The zero-order chi connectivity index (χ0) is 26.8. The van der Waals surface area contributed by atoms with Crippen molar-refractivity contribution in [1.29, 1.82) is 0 Å². The minimum Gasteiger partial charge on any atom is -0.342 e. The van der Waals surface area contributed by atoms with E-state index in [9.17, 15) is 18.0 Å². The Kier molecular flexibility index (Phi) is 8.00. The number of hydrogen-bond donors (Lipinski definition) is 4. The third-order valence-corrected chi connectivity index (χ3v) is 8.59. The molecule has 0 saturated heterocycles. The first-order valence-electron chi connectivity index (χ1n) is 11.7. The van der Waals surface area contributed by atoms with Crippen molar-refractivity contribution in [2.75, 3.05) is 6.26 Å². The second kappa shape index (κ2) is 10.9. The molecule has 196 valence electrons. The first kappa shape index (κ1) is 27.2. The molecule has 4 rings (SSSR count). The quantitative estimate of drug-likeness (QED) is 0.222. The van der Waals surface area contributed by atoms with Gasteiger partial charge in [0.05, 0.1) is 18.0 Å². The van der Waals surface area contributed by atoms with Gasteiger partial charge in [-0.1, -0.05) is 36.4 Å². The molecule has 2 atom stereocenters. The lowest BCUT2D eigenvalue weighted by atomic mass is 10.0. The van der Waals surface area contributed by atoms with Crippen LogP contribution < -0.4 is 21.1 Å². The van der Waals surface area contributed by atoms with Gasteiger partial charge in [0.25, 0.3) is 0 Å². The van der Waals surface area contributed by atoms with Crippen molar-refractivity contribution in [2.45, 2.75) is 44.4 Å². The zero-order valence-electron chi connectivity index (χ0n) is 20.8. The number of nitrogens with two attached hydrogens (primary N) is 1. The number of fused-ring (bicyclic) bond motifs is 2. The van der Waals surface area contributed by atoms with Gasteiger partial charge in [-0.25, -0.2) is 8.42 Å². The van der Waals surface area contributed by atoms with Gasteiger partial charge in [-0.05, 0) is 58.6 Å². The lowest BCUT2D eigenvalue weighted by Gasteiger charge is -2.26. The van der Waals surface area contributed by atoms with Crippen molar-refractivity contribution in [3.8, 4) is 0 Å². The molecule has 2 amide bonds. The van der Waals surface area contributed by atoms with E-state index in [4.69, 9.17) is 5.73 Å². The van der Waals surface area contributed by atoms with Crippen LogP contribution in [0.2, 0.25) is 0 Å². The number of benzene rings is 2.